The molecule has 0 nitrogen and oxygen atoms in total. The molecule has 0 spiro atoms. The molecule has 0 saturated heterocycles. The van der Waals surface area contributed by atoms with Gasteiger partial charge in [-0.2, -0.15) is 0 Å². The molecule has 4 unspecified atom stereocenters. The molecule has 2 aliphatic rings. The van der Waals surface area contributed by atoms with Gasteiger partial charge < -0.3 is 0 Å². The van der Waals surface area contributed by atoms with Gasteiger partial charge >= 0.3 is 0 Å². The van der Waals surface area contributed by atoms with Crippen LogP contribution in [0.1, 0.15) is 67.2 Å². The molecule has 0 radical (unpaired) electrons. The fourth-order valence-electron chi connectivity index (χ4n) is 4.72. The predicted molar refractivity (Wildman–Crippen MR) is 98.8 cm³/mol. The Balaban J connectivity index is 2.34. The lowest BCUT2D eigenvalue weighted by atomic mass is 9.58. The summed E-state index contributed by atoms with van der Waals surface area (Å²) in [4.78, 5) is 0. The third-order valence-corrected chi connectivity index (χ3v) is 5.93. The number of hydrogen-bond acceptors (Lipinski definition) is 0. The van der Waals surface area contributed by atoms with Crippen LogP contribution in [0.4, 0.5) is 0 Å². The first-order valence-electron chi connectivity index (χ1n) is 9.33. The maximum Gasteiger partial charge on any atom is -0.00995 e. The van der Waals surface area contributed by atoms with E-state index in [0.29, 0.717) is 11.3 Å². The average molecular weight is 301 g/mol. The van der Waals surface area contributed by atoms with Gasteiger partial charge in [-0.05, 0) is 59.8 Å². The van der Waals surface area contributed by atoms with E-state index in [1.54, 1.807) is 5.57 Å². The molecule has 0 heterocycles. The second-order valence-electron chi connectivity index (χ2n) is 8.81. The molecule has 0 N–H and O–H groups in total. The largest absolute Gasteiger partial charge is 0.0996 e. The van der Waals surface area contributed by atoms with Gasteiger partial charge in [0, 0.05) is 0 Å². The summed E-state index contributed by atoms with van der Waals surface area (Å²) < 4.78 is 0. The molecule has 124 valence electrons. The minimum atomic E-state index is 0.329. The third-order valence-electron chi connectivity index (χ3n) is 5.93. The highest BCUT2D eigenvalue weighted by Crippen LogP contribution is 2.51. The normalized spacial score (nSPS) is 33.5. The molecule has 0 aromatic rings. The second kappa shape index (κ2) is 6.77. The van der Waals surface area contributed by atoms with Crippen molar-refractivity contribution >= 4 is 0 Å². The van der Waals surface area contributed by atoms with Crippen molar-refractivity contribution in [2.45, 2.75) is 67.2 Å². The van der Waals surface area contributed by atoms with Gasteiger partial charge in [0.1, 0.15) is 0 Å². The van der Waals surface area contributed by atoms with Crippen molar-refractivity contribution in [1.29, 1.82) is 0 Å². The molecular weight excluding hydrogens is 264 g/mol. The second-order valence-corrected chi connectivity index (χ2v) is 8.81. The van der Waals surface area contributed by atoms with Gasteiger partial charge in [-0.15, -0.1) is 0 Å². The SMILES string of the molecule is C=C(CC1CC(C)(C)C=C2C=CC(C)C(CCC)C21)C(C)C. The predicted octanol–water partition coefficient (Wildman–Crippen LogP) is 6.80. The smallest absolute Gasteiger partial charge is 0.00995 e. The Morgan fingerprint density at radius 2 is 2.05 bits per heavy atom. The van der Waals surface area contributed by atoms with Crippen molar-refractivity contribution in [3.05, 3.63) is 36.0 Å². The van der Waals surface area contributed by atoms with E-state index < -0.39 is 0 Å². The Kier molecular flexibility index (Phi) is 5.41. The van der Waals surface area contributed by atoms with Crippen molar-refractivity contribution < 1.29 is 0 Å². The zero-order valence-corrected chi connectivity index (χ0v) is 15.7. The summed E-state index contributed by atoms with van der Waals surface area (Å²) in [7, 11) is 0. The van der Waals surface area contributed by atoms with Crippen LogP contribution in [0, 0.1) is 35.0 Å². The molecule has 0 fully saturated rings. The molecule has 0 amide bonds. The molecule has 0 aromatic heterocycles. The van der Waals surface area contributed by atoms with E-state index >= 15 is 0 Å². The highest BCUT2D eigenvalue weighted by molar-refractivity contribution is 5.32. The van der Waals surface area contributed by atoms with Crippen molar-refractivity contribution in [1.82, 2.24) is 0 Å². The maximum absolute atomic E-state index is 4.39. The first-order valence-corrected chi connectivity index (χ1v) is 9.33. The van der Waals surface area contributed by atoms with Crippen molar-refractivity contribution in [2.24, 2.45) is 35.0 Å². The van der Waals surface area contributed by atoms with Crippen molar-refractivity contribution in [2.75, 3.05) is 0 Å². The molecule has 0 aromatic carbocycles. The van der Waals surface area contributed by atoms with Crippen LogP contribution in [0.5, 0.6) is 0 Å². The van der Waals surface area contributed by atoms with Crippen molar-refractivity contribution in [3.8, 4) is 0 Å². The van der Waals surface area contributed by atoms with Crippen LogP contribution >= 0.6 is 0 Å². The molecule has 2 aliphatic carbocycles. The molecule has 2 rings (SSSR count). The summed E-state index contributed by atoms with van der Waals surface area (Å²) in [5.74, 6) is 3.68. The van der Waals surface area contributed by atoms with E-state index in [-0.39, 0.29) is 0 Å². The van der Waals surface area contributed by atoms with Crippen LogP contribution in [0.2, 0.25) is 0 Å². The van der Waals surface area contributed by atoms with Gasteiger partial charge in [-0.3, -0.25) is 0 Å². The Hall–Kier alpha value is -0.780. The Morgan fingerprint density at radius 1 is 1.36 bits per heavy atom. The molecule has 0 saturated carbocycles. The molecule has 0 bridgehead atoms. The first-order chi connectivity index (χ1) is 10.2. The Labute approximate surface area is 138 Å². The number of rotatable bonds is 5. The van der Waals surface area contributed by atoms with Gasteiger partial charge in [0.25, 0.3) is 0 Å². The third kappa shape index (κ3) is 3.76. The Morgan fingerprint density at radius 3 is 2.64 bits per heavy atom. The van der Waals surface area contributed by atoms with Crippen LogP contribution in [-0.2, 0) is 0 Å². The summed E-state index contributed by atoms with van der Waals surface area (Å²) in [6, 6.07) is 0. The topological polar surface area (TPSA) is 0 Å². The minimum absolute atomic E-state index is 0.329. The highest BCUT2D eigenvalue weighted by atomic mass is 14.5. The van der Waals surface area contributed by atoms with Gasteiger partial charge in [-0.1, -0.05) is 78.3 Å². The van der Waals surface area contributed by atoms with E-state index in [2.05, 4.69) is 66.3 Å². The van der Waals surface area contributed by atoms with E-state index in [1.807, 2.05) is 0 Å². The summed E-state index contributed by atoms with van der Waals surface area (Å²) in [5, 5.41) is 0. The fourth-order valence-corrected chi connectivity index (χ4v) is 4.72. The van der Waals surface area contributed by atoms with Gasteiger partial charge in [0.05, 0.1) is 0 Å². The fraction of sp³-hybridized carbons (Fsp3) is 0.727. The molecular formula is C22H36. The van der Waals surface area contributed by atoms with Crippen LogP contribution in [0.3, 0.4) is 0 Å². The Bertz CT molecular complexity index is 460. The molecule has 22 heavy (non-hydrogen) atoms. The summed E-state index contributed by atoms with van der Waals surface area (Å²) in [6.45, 7) is 18.5. The minimum Gasteiger partial charge on any atom is -0.0996 e. The summed E-state index contributed by atoms with van der Waals surface area (Å²) >= 11 is 0. The highest BCUT2D eigenvalue weighted by Gasteiger charge is 2.41. The van der Waals surface area contributed by atoms with Crippen LogP contribution in [0.25, 0.3) is 0 Å². The summed E-state index contributed by atoms with van der Waals surface area (Å²) in [5.41, 5.74) is 3.39. The van der Waals surface area contributed by atoms with Gasteiger partial charge in [0.2, 0.25) is 0 Å². The number of allylic oxidation sites excluding steroid dienone is 5. The zero-order chi connectivity index (χ0) is 16.5. The maximum atomic E-state index is 4.39. The van der Waals surface area contributed by atoms with Crippen LogP contribution in [-0.4, -0.2) is 0 Å². The summed E-state index contributed by atoms with van der Waals surface area (Å²) in [6.07, 6.45) is 12.6. The average Bonchev–Trinajstić information content (AvgIpc) is 2.40. The van der Waals surface area contributed by atoms with E-state index in [1.165, 1.54) is 31.3 Å². The monoisotopic (exact) mass is 300 g/mol. The van der Waals surface area contributed by atoms with Crippen LogP contribution < -0.4 is 0 Å². The van der Waals surface area contributed by atoms with Crippen LogP contribution in [0.15, 0.2) is 36.0 Å². The van der Waals surface area contributed by atoms with Crippen molar-refractivity contribution in [3.63, 3.8) is 0 Å². The molecule has 4 atom stereocenters. The number of hydrogen-bond donors (Lipinski definition) is 0. The van der Waals surface area contributed by atoms with E-state index in [9.17, 15) is 0 Å². The first kappa shape index (κ1) is 17.6. The van der Waals surface area contributed by atoms with Gasteiger partial charge in [-0.25, -0.2) is 0 Å². The standard InChI is InChI=1S/C22H36/c1-8-9-20-16(4)10-11-18-13-22(6,7)14-19(21(18)20)12-17(5)15(2)3/h10-11,13,15-16,19-21H,5,8-9,12,14H2,1-4,6-7H3. The van der Waals surface area contributed by atoms with E-state index in [4.69, 9.17) is 0 Å². The lowest BCUT2D eigenvalue weighted by Crippen LogP contribution is -2.37. The molecule has 0 heteroatoms. The lowest BCUT2D eigenvalue weighted by Gasteiger charge is -2.47. The lowest BCUT2D eigenvalue weighted by molar-refractivity contribution is 0.148. The quantitative estimate of drug-likeness (QED) is 0.490. The van der Waals surface area contributed by atoms with Gasteiger partial charge in [0.15, 0.2) is 0 Å². The zero-order valence-electron chi connectivity index (χ0n) is 15.7. The molecule has 0 aliphatic heterocycles. The van der Waals surface area contributed by atoms with E-state index in [0.717, 1.165) is 23.7 Å². The number of fused-ring (bicyclic) bond motifs is 1.